The van der Waals surface area contributed by atoms with Gasteiger partial charge in [0, 0.05) is 34.3 Å². The standard InChI is InChI=1S/C27H29N3O3/c31-25(19-5-1-2-6-19)29-22-13-9-18(10-14-22)24-17-28-27(33-24)21-11-15-23(16-12-21)30-26(32)20-7-3-4-8-20/h9-17,19-20H,1-8H2,(H,29,31)(H,30,32). The number of anilines is 2. The van der Waals surface area contributed by atoms with Crippen molar-refractivity contribution in [2.45, 2.75) is 51.4 Å². The summed E-state index contributed by atoms with van der Waals surface area (Å²) in [5.41, 5.74) is 3.33. The number of rotatable bonds is 6. The molecule has 2 amide bonds. The van der Waals surface area contributed by atoms with Crippen LogP contribution in [0.15, 0.2) is 59.1 Å². The van der Waals surface area contributed by atoms with Gasteiger partial charge in [0.05, 0.1) is 6.20 Å². The van der Waals surface area contributed by atoms with Crippen molar-refractivity contribution in [1.29, 1.82) is 0 Å². The first-order valence-corrected chi connectivity index (χ1v) is 11.9. The summed E-state index contributed by atoms with van der Waals surface area (Å²) in [4.78, 5) is 29.0. The lowest BCUT2D eigenvalue weighted by Crippen LogP contribution is -2.20. The van der Waals surface area contributed by atoms with E-state index in [0.29, 0.717) is 11.7 Å². The number of benzene rings is 2. The van der Waals surface area contributed by atoms with E-state index in [1.807, 2.05) is 48.5 Å². The van der Waals surface area contributed by atoms with Gasteiger partial charge < -0.3 is 15.1 Å². The average Bonchev–Trinajstić information content (AvgIpc) is 3.63. The summed E-state index contributed by atoms with van der Waals surface area (Å²) in [5, 5.41) is 6.03. The fraction of sp³-hybridized carbons (Fsp3) is 0.370. The number of oxazole rings is 1. The maximum Gasteiger partial charge on any atom is 0.227 e. The fourth-order valence-corrected chi connectivity index (χ4v) is 4.82. The van der Waals surface area contributed by atoms with Crippen molar-refractivity contribution in [3.8, 4) is 22.8 Å². The van der Waals surface area contributed by atoms with Crippen molar-refractivity contribution in [2.75, 3.05) is 10.6 Å². The Morgan fingerprint density at radius 1 is 0.697 bits per heavy atom. The highest BCUT2D eigenvalue weighted by atomic mass is 16.4. The second-order valence-electron chi connectivity index (χ2n) is 9.13. The summed E-state index contributed by atoms with van der Waals surface area (Å²) in [5.74, 6) is 1.70. The van der Waals surface area contributed by atoms with E-state index in [2.05, 4.69) is 15.6 Å². The van der Waals surface area contributed by atoms with Gasteiger partial charge >= 0.3 is 0 Å². The molecule has 0 atom stereocenters. The molecule has 0 spiro atoms. The van der Waals surface area contributed by atoms with Crippen LogP contribution < -0.4 is 10.6 Å². The number of aromatic nitrogens is 1. The molecule has 5 rings (SSSR count). The van der Waals surface area contributed by atoms with Crippen LogP contribution in [0.1, 0.15) is 51.4 Å². The van der Waals surface area contributed by atoms with Gasteiger partial charge in [-0.25, -0.2) is 4.98 Å². The molecule has 1 aromatic heterocycles. The molecular formula is C27H29N3O3. The zero-order valence-corrected chi connectivity index (χ0v) is 18.7. The van der Waals surface area contributed by atoms with Crippen LogP contribution in [0.5, 0.6) is 0 Å². The average molecular weight is 444 g/mol. The van der Waals surface area contributed by atoms with Gasteiger partial charge in [0.1, 0.15) is 0 Å². The molecule has 2 fully saturated rings. The molecule has 2 saturated carbocycles. The topological polar surface area (TPSA) is 84.2 Å². The molecule has 2 N–H and O–H groups in total. The number of amides is 2. The lowest BCUT2D eigenvalue weighted by atomic mass is 10.1. The first-order chi connectivity index (χ1) is 16.2. The third-order valence-electron chi connectivity index (χ3n) is 6.79. The zero-order valence-electron chi connectivity index (χ0n) is 18.7. The SMILES string of the molecule is O=C(Nc1ccc(-c2cnc(-c3ccc(NC(=O)C4CCCC4)cc3)o2)cc1)C1CCCC1. The van der Waals surface area contributed by atoms with Crippen molar-refractivity contribution < 1.29 is 14.0 Å². The molecule has 2 aromatic carbocycles. The zero-order chi connectivity index (χ0) is 22.6. The number of nitrogens with zero attached hydrogens (tertiary/aromatic N) is 1. The minimum Gasteiger partial charge on any atom is -0.436 e. The van der Waals surface area contributed by atoms with Crippen LogP contribution in [0.25, 0.3) is 22.8 Å². The normalized spacial score (nSPS) is 16.7. The van der Waals surface area contributed by atoms with Gasteiger partial charge in [0.15, 0.2) is 5.76 Å². The van der Waals surface area contributed by atoms with Crippen LogP contribution in [0, 0.1) is 11.8 Å². The fourth-order valence-electron chi connectivity index (χ4n) is 4.82. The van der Waals surface area contributed by atoms with Gasteiger partial charge in [-0.2, -0.15) is 0 Å². The molecule has 0 saturated heterocycles. The number of nitrogens with one attached hydrogen (secondary N) is 2. The van der Waals surface area contributed by atoms with E-state index in [4.69, 9.17) is 4.42 Å². The maximum absolute atomic E-state index is 12.3. The Morgan fingerprint density at radius 2 is 1.15 bits per heavy atom. The second kappa shape index (κ2) is 9.61. The van der Waals surface area contributed by atoms with Crippen molar-refractivity contribution >= 4 is 23.2 Å². The number of carbonyl (C=O) groups excluding carboxylic acids is 2. The van der Waals surface area contributed by atoms with Gasteiger partial charge in [-0.3, -0.25) is 9.59 Å². The molecule has 0 unspecified atom stereocenters. The predicted molar refractivity (Wildman–Crippen MR) is 129 cm³/mol. The molecule has 6 heteroatoms. The molecule has 33 heavy (non-hydrogen) atoms. The van der Waals surface area contributed by atoms with Crippen molar-refractivity contribution in [2.24, 2.45) is 11.8 Å². The Balaban J connectivity index is 1.21. The quantitative estimate of drug-likeness (QED) is 0.470. The van der Waals surface area contributed by atoms with Gasteiger partial charge in [-0.15, -0.1) is 0 Å². The highest BCUT2D eigenvalue weighted by molar-refractivity contribution is 5.93. The maximum atomic E-state index is 12.3. The van der Waals surface area contributed by atoms with Crippen LogP contribution in [0.3, 0.4) is 0 Å². The third-order valence-corrected chi connectivity index (χ3v) is 6.79. The van der Waals surface area contributed by atoms with Crippen LogP contribution in [-0.4, -0.2) is 16.8 Å². The Morgan fingerprint density at radius 3 is 1.64 bits per heavy atom. The lowest BCUT2D eigenvalue weighted by Gasteiger charge is -2.10. The summed E-state index contributed by atoms with van der Waals surface area (Å²) in [6.07, 6.45) is 10.2. The predicted octanol–water partition coefficient (Wildman–Crippen LogP) is 6.27. The van der Waals surface area contributed by atoms with Crippen molar-refractivity contribution in [1.82, 2.24) is 4.98 Å². The Hall–Kier alpha value is -3.41. The minimum atomic E-state index is 0.113. The molecule has 2 aliphatic carbocycles. The molecule has 0 bridgehead atoms. The summed E-state index contributed by atoms with van der Waals surface area (Å²) in [6, 6.07) is 15.2. The van der Waals surface area contributed by atoms with E-state index < -0.39 is 0 Å². The molecule has 0 aliphatic heterocycles. The summed E-state index contributed by atoms with van der Waals surface area (Å²) in [7, 11) is 0. The van der Waals surface area contributed by atoms with Crippen LogP contribution >= 0.6 is 0 Å². The first kappa shape index (κ1) is 21.4. The van der Waals surface area contributed by atoms with E-state index >= 15 is 0 Å². The van der Waals surface area contributed by atoms with Crippen LogP contribution in [0.4, 0.5) is 11.4 Å². The Bertz CT molecular complexity index is 1020. The van der Waals surface area contributed by atoms with Crippen LogP contribution in [-0.2, 0) is 9.59 Å². The molecule has 3 aromatic rings. The van der Waals surface area contributed by atoms with Gasteiger partial charge in [-0.05, 0) is 74.2 Å². The second-order valence-corrected chi connectivity index (χ2v) is 9.13. The molecular weight excluding hydrogens is 414 g/mol. The molecule has 2 aliphatic rings. The highest BCUT2D eigenvalue weighted by Crippen LogP contribution is 2.30. The molecule has 0 radical (unpaired) electrons. The number of hydrogen-bond acceptors (Lipinski definition) is 4. The first-order valence-electron chi connectivity index (χ1n) is 11.9. The molecule has 170 valence electrons. The number of carbonyl (C=O) groups is 2. The molecule has 6 nitrogen and oxygen atoms in total. The van der Waals surface area contributed by atoms with E-state index in [1.165, 1.54) is 0 Å². The van der Waals surface area contributed by atoms with Crippen LogP contribution in [0.2, 0.25) is 0 Å². The largest absolute Gasteiger partial charge is 0.436 e. The van der Waals surface area contributed by atoms with Gasteiger partial charge in [-0.1, -0.05) is 25.7 Å². The monoisotopic (exact) mass is 443 g/mol. The smallest absolute Gasteiger partial charge is 0.227 e. The number of hydrogen-bond donors (Lipinski definition) is 2. The minimum absolute atomic E-state index is 0.113. The highest BCUT2D eigenvalue weighted by Gasteiger charge is 2.23. The Kier molecular flexibility index (Phi) is 6.24. The van der Waals surface area contributed by atoms with E-state index in [9.17, 15) is 9.59 Å². The van der Waals surface area contributed by atoms with Crippen molar-refractivity contribution in [3.63, 3.8) is 0 Å². The Labute approximate surface area is 193 Å². The van der Waals surface area contributed by atoms with Crippen molar-refractivity contribution in [3.05, 3.63) is 54.7 Å². The summed E-state index contributed by atoms with van der Waals surface area (Å²) in [6.45, 7) is 0. The third kappa shape index (κ3) is 5.00. The summed E-state index contributed by atoms with van der Waals surface area (Å²) < 4.78 is 5.97. The van der Waals surface area contributed by atoms with E-state index in [0.717, 1.165) is 73.9 Å². The van der Waals surface area contributed by atoms with E-state index in [-0.39, 0.29) is 23.7 Å². The van der Waals surface area contributed by atoms with Gasteiger partial charge in [0.25, 0.3) is 0 Å². The van der Waals surface area contributed by atoms with E-state index in [1.54, 1.807) is 6.20 Å². The molecule has 1 heterocycles. The van der Waals surface area contributed by atoms with Gasteiger partial charge in [0.2, 0.25) is 17.7 Å². The summed E-state index contributed by atoms with van der Waals surface area (Å²) >= 11 is 0. The lowest BCUT2D eigenvalue weighted by molar-refractivity contribution is -0.120.